The third-order valence-electron chi connectivity index (χ3n) is 8.38. The van der Waals surface area contributed by atoms with E-state index in [9.17, 15) is 14.4 Å². The zero-order valence-electron chi connectivity index (χ0n) is 19.6. The van der Waals surface area contributed by atoms with Gasteiger partial charge in [0.2, 0.25) is 5.91 Å². The fourth-order valence-corrected chi connectivity index (χ4v) is 7.26. The highest BCUT2D eigenvalue weighted by Gasteiger charge is 2.58. The summed E-state index contributed by atoms with van der Waals surface area (Å²) in [6.07, 6.45) is 10.2. The summed E-state index contributed by atoms with van der Waals surface area (Å²) >= 11 is 1.63. The van der Waals surface area contributed by atoms with Crippen molar-refractivity contribution in [2.45, 2.75) is 37.6 Å². The molecule has 0 radical (unpaired) electrons. The highest BCUT2D eigenvalue weighted by Crippen LogP contribution is 2.45. The molecule has 35 heavy (non-hydrogen) atoms. The second-order valence-corrected chi connectivity index (χ2v) is 11.3. The van der Waals surface area contributed by atoms with Gasteiger partial charge in [-0.3, -0.25) is 19.5 Å². The van der Waals surface area contributed by atoms with E-state index in [4.69, 9.17) is 0 Å². The van der Waals surface area contributed by atoms with Gasteiger partial charge in [-0.05, 0) is 67.5 Å². The Balaban J connectivity index is 1.21. The van der Waals surface area contributed by atoms with Crippen molar-refractivity contribution in [3.63, 3.8) is 0 Å². The standard InChI is InChI=1S/C27H30N4O3S/c32-24(22-17-18-6-7-19(22)16-18)30-12-8-20(9-13-30)27(23-5-1-2-11-28-23)25(33)31(26(34)29-27)14-10-21-4-3-15-35-21/h1-7,11,15,18-20,22H,8-10,12-14,16-17H2,(H,29,34)/t18-,19+,22-,27+/m1/s1. The fourth-order valence-electron chi connectivity index (χ4n) is 6.56. The van der Waals surface area contributed by atoms with Crippen LogP contribution in [0.2, 0.25) is 0 Å². The quantitative estimate of drug-likeness (QED) is 0.496. The molecule has 8 heteroatoms. The van der Waals surface area contributed by atoms with E-state index in [-0.39, 0.29) is 29.7 Å². The van der Waals surface area contributed by atoms with E-state index in [1.165, 1.54) is 4.90 Å². The number of urea groups is 1. The molecular formula is C27H30N4O3S. The lowest BCUT2D eigenvalue weighted by Gasteiger charge is -2.41. The third kappa shape index (κ3) is 3.78. The first-order chi connectivity index (χ1) is 17.1. The first kappa shape index (κ1) is 22.5. The van der Waals surface area contributed by atoms with Gasteiger partial charge in [0.1, 0.15) is 0 Å². The largest absolute Gasteiger partial charge is 0.342 e. The first-order valence-corrected chi connectivity index (χ1v) is 13.5. The number of hydrogen-bond donors (Lipinski definition) is 1. The lowest BCUT2D eigenvalue weighted by Crippen LogP contribution is -2.55. The summed E-state index contributed by atoms with van der Waals surface area (Å²) in [5, 5.41) is 5.07. The predicted octanol–water partition coefficient (Wildman–Crippen LogP) is 3.58. The van der Waals surface area contributed by atoms with Gasteiger partial charge >= 0.3 is 6.03 Å². The molecule has 2 saturated heterocycles. The summed E-state index contributed by atoms with van der Waals surface area (Å²) in [5.74, 6) is 0.965. The molecule has 4 atom stereocenters. The second kappa shape index (κ2) is 8.90. The number of piperidine rings is 1. The number of hydrogen-bond acceptors (Lipinski definition) is 5. The summed E-state index contributed by atoms with van der Waals surface area (Å²) < 4.78 is 0. The molecular weight excluding hydrogens is 460 g/mol. The molecule has 2 aromatic heterocycles. The Bertz CT molecular complexity index is 1140. The molecule has 4 aliphatic rings. The van der Waals surface area contributed by atoms with E-state index in [1.807, 2.05) is 40.6 Å². The Hall–Kier alpha value is -3.00. The van der Waals surface area contributed by atoms with E-state index in [1.54, 1.807) is 17.5 Å². The Labute approximate surface area is 209 Å². The van der Waals surface area contributed by atoms with Gasteiger partial charge in [0, 0.05) is 42.5 Å². The van der Waals surface area contributed by atoms with Crippen LogP contribution in [0.15, 0.2) is 54.1 Å². The first-order valence-electron chi connectivity index (χ1n) is 12.6. The molecule has 2 aliphatic heterocycles. The van der Waals surface area contributed by atoms with Gasteiger partial charge in [-0.1, -0.05) is 24.3 Å². The van der Waals surface area contributed by atoms with E-state index in [2.05, 4.69) is 22.5 Å². The molecule has 7 nitrogen and oxygen atoms in total. The van der Waals surface area contributed by atoms with E-state index in [0.717, 1.165) is 17.7 Å². The maximum absolute atomic E-state index is 13.9. The Morgan fingerprint density at radius 2 is 1.97 bits per heavy atom. The number of likely N-dealkylation sites (tertiary alicyclic amines) is 1. The highest BCUT2D eigenvalue weighted by atomic mass is 32.1. The van der Waals surface area contributed by atoms with Crippen molar-refractivity contribution in [2.24, 2.45) is 23.7 Å². The van der Waals surface area contributed by atoms with Crippen LogP contribution >= 0.6 is 11.3 Å². The number of carbonyl (C=O) groups excluding carboxylic acids is 3. The van der Waals surface area contributed by atoms with Crippen LogP contribution in [-0.2, 0) is 21.5 Å². The maximum atomic E-state index is 13.9. The summed E-state index contributed by atoms with van der Waals surface area (Å²) in [7, 11) is 0. The van der Waals surface area contributed by atoms with Crippen molar-refractivity contribution in [2.75, 3.05) is 19.6 Å². The summed E-state index contributed by atoms with van der Waals surface area (Å²) in [6, 6.07) is 9.15. The normalized spacial score (nSPS) is 30.3. The molecule has 4 heterocycles. The number of allylic oxidation sites excluding steroid dienone is 2. The number of thiophene rings is 1. The van der Waals surface area contributed by atoms with Gasteiger partial charge in [-0.25, -0.2) is 4.79 Å². The number of fused-ring (bicyclic) bond motifs is 2. The van der Waals surface area contributed by atoms with Gasteiger partial charge in [0.05, 0.1) is 5.69 Å². The summed E-state index contributed by atoms with van der Waals surface area (Å²) in [6.45, 7) is 1.55. The van der Waals surface area contributed by atoms with Gasteiger partial charge in [0.25, 0.3) is 5.91 Å². The minimum atomic E-state index is -1.18. The van der Waals surface area contributed by atoms with Crippen LogP contribution in [0.1, 0.15) is 36.3 Å². The number of nitrogens with zero attached hydrogens (tertiary/aromatic N) is 3. The Morgan fingerprint density at radius 1 is 1.11 bits per heavy atom. The number of nitrogens with one attached hydrogen (secondary N) is 1. The lowest BCUT2D eigenvalue weighted by atomic mass is 9.74. The van der Waals surface area contributed by atoms with Crippen molar-refractivity contribution in [1.82, 2.24) is 20.1 Å². The van der Waals surface area contributed by atoms with Crippen LogP contribution in [0, 0.1) is 23.7 Å². The van der Waals surface area contributed by atoms with Crippen LogP contribution in [0.5, 0.6) is 0 Å². The van der Waals surface area contributed by atoms with Crippen molar-refractivity contribution in [1.29, 1.82) is 0 Å². The Kier molecular flexibility index (Phi) is 5.71. The minimum absolute atomic E-state index is 0.104. The van der Waals surface area contributed by atoms with Crippen LogP contribution in [-0.4, -0.2) is 52.3 Å². The molecule has 0 aromatic carbocycles. The maximum Gasteiger partial charge on any atom is 0.325 e. The predicted molar refractivity (Wildman–Crippen MR) is 132 cm³/mol. The van der Waals surface area contributed by atoms with Crippen LogP contribution in [0.4, 0.5) is 4.79 Å². The van der Waals surface area contributed by atoms with Gasteiger partial charge in [0.15, 0.2) is 5.54 Å². The van der Waals surface area contributed by atoms with Gasteiger partial charge < -0.3 is 10.2 Å². The molecule has 3 fully saturated rings. The highest BCUT2D eigenvalue weighted by molar-refractivity contribution is 7.09. The third-order valence-corrected chi connectivity index (χ3v) is 9.31. The topological polar surface area (TPSA) is 82.6 Å². The van der Waals surface area contributed by atoms with Crippen LogP contribution in [0.3, 0.4) is 0 Å². The molecule has 2 bridgehead atoms. The SMILES string of the molecule is O=C([C@@H]1C[C@@H]2C=C[C@H]1C2)N1CCC([C@@]2(c3ccccn3)NC(=O)N(CCc3cccs3)C2=O)CC1. The molecule has 0 unspecified atom stereocenters. The van der Waals surface area contributed by atoms with Crippen molar-refractivity contribution in [3.8, 4) is 0 Å². The molecule has 2 aliphatic carbocycles. The van der Waals surface area contributed by atoms with Crippen LogP contribution < -0.4 is 5.32 Å². The zero-order valence-corrected chi connectivity index (χ0v) is 20.5. The lowest BCUT2D eigenvalue weighted by molar-refractivity contribution is -0.139. The van der Waals surface area contributed by atoms with E-state index < -0.39 is 5.54 Å². The molecule has 182 valence electrons. The van der Waals surface area contributed by atoms with Crippen LogP contribution in [0.25, 0.3) is 0 Å². The number of amides is 4. The molecule has 6 rings (SSSR count). The number of rotatable bonds is 6. The van der Waals surface area contributed by atoms with Gasteiger partial charge in [-0.2, -0.15) is 0 Å². The Morgan fingerprint density at radius 3 is 2.63 bits per heavy atom. The number of aromatic nitrogens is 1. The average molecular weight is 491 g/mol. The van der Waals surface area contributed by atoms with Gasteiger partial charge in [-0.15, -0.1) is 11.3 Å². The van der Waals surface area contributed by atoms with E-state index in [0.29, 0.717) is 56.4 Å². The molecule has 0 spiro atoms. The second-order valence-electron chi connectivity index (χ2n) is 10.2. The summed E-state index contributed by atoms with van der Waals surface area (Å²) in [5.41, 5.74) is -0.599. The molecule has 4 amide bonds. The molecule has 1 saturated carbocycles. The average Bonchev–Trinajstić information content (AvgIpc) is 3.69. The monoisotopic (exact) mass is 490 g/mol. The zero-order chi connectivity index (χ0) is 24.0. The molecule has 1 N–H and O–H groups in total. The number of imide groups is 1. The number of carbonyl (C=O) groups is 3. The van der Waals surface area contributed by atoms with E-state index >= 15 is 0 Å². The minimum Gasteiger partial charge on any atom is -0.342 e. The summed E-state index contributed by atoms with van der Waals surface area (Å²) in [4.78, 5) is 49.3. The van der Waals surface area contributed by atoms with Crippen molar-refractivity contribution >= 4 is 29.2 Å². The molecule has 2 aromatic rings. The van der Waals surface area contributed by atoms with Crippen molar-refractivity contribution in [3.05, 3.63) is 64.6 Å². The van der Waals surface area contributed by atoms with Crippen molar-refractivity contribution < 1.29 is 14.4 Å². The number of pyridine rings is 1. The smallest absolute Gasteiger partial charge is 0.325 e. The fraction of sp³-hybridized carbons (Fsp3) is 0.481.